The van der Waals surface area contributed by atoms with Crippen molar-refractivity contribution in [2.75, 3.05) is 30.5 Å². The number of aromatic nitrogens is 2. The fourth-order valence-corrected chi connectivity index (χ4v) is 5.81. The molecule has 11 heteroatoms. The zero-order valence-corrected chi connectivity index (χ0v) is 21.4. The van der Waals surface area contributed by atoms with Crippen molar-refractivity contribution in [1.82, 2.24) is 9.55 Å². The van der Waals surface area contributed by atoms with Gasteiger partial charge in [0.05, 0.1) is 34.0 Å². The molecule has 2 aromatic heterocycles. The minimum atomic E-state index is -0.303. The lowest BCUT2D eigenvalue weighted by molar-refractivity contribution is -0.115. The number of anilines is 1. The van der Waals surface area contributed by atoms with Gasteiger partial charge in [0.25, 0.3) is 5.91 Å². The normalized spacial score (nSPS) is 11.8. The van der Waals surface area contributed by atoms with E-state index < -0.39 is 0 Å². The van der Waals surface area contributed by atoms with Crippen molar-refractivity contribution in [2.24, 2.45) is 4.99 Å². The number of carbonyl (C=O) groups excluding carboxylic acids is 2. The molecule has 0 saturated heterocycles. The molecule has 176 valence electrons. The number of halogens is 1. The van der Waals surface area contributed by atoms with Crippen LogP contribution in [0.4, 0.5) is 5.13 Å². The molecule has 4 aromatic rings. The third-order valence-electron chi connectivity index (χ3n) is 4.66. The lowest BCUT2D eigenvalue weighted by atomic mass is 10.2. The molecule has 0 aliphatic rings. The SMILES string of the molecule is COCCn1c(=NC(=O)CSCC(=O)Nc2nc(-c3ccccc3)cs2)sc2cc(Cl)ccc21. The van der Waals surface area contributed by atoms with Gasteiger partial charge in [-0.25, -0.2) is 4.98 Å². The molecule has 1 N–H and O–H groups in total. The number of thioether (sulfide) groups is 1. The van der Waals surface area contributed by atoms with Crippen molar-refractivity contribution in [2.45, 2.75) is 6.54 Å². The summed E-state index contributed by atoms with van der Waals surface area (Å²) in [5, 5.41) is 5.85. The van der Waals surface area contributed by atoms with E-state index in [2.05, 4.69) is 15.3 Å². The van der Waals surface area contributed by atoms with Gasteiger partial charge in [0.15, 0.2) is 9.93 Å². The molecule has 2 amide bonds. The lowest BCUT2D eigenvalue weighted by Gasteiger charge is -2.04. The molecule has 0 bridgehead atoms. The summed E-state index contributed by atoms with van der Waals surface area (Å²) >= 11 is 10.1. The van der Waals surface area contributed by atoms with E-state index in [4.69, 9.17) is 16.3 Å². The van der Waals surface area contributed by atoms with Crippen molar-refractivity contribution >= 4 is 73.2 Å². The summed E-state index contributed by atoms with van der Waals surface area (Å²) in [6, 6.07) is 15.3. The Kier molecular flexibility index (Phi) is 8.52. The van der Waals surface area contributed by atoms with E-state index in [9.17, 15) is 9.59 Å². The molecule has 34 heavy (non-hydrogen) atoms. The molecule has 0 fully saturated rings. The fourth-order valence-electron chi connectivity index (χ4n) is 3.13. The minimum absolute atomic E-state index is 0.0971. The third-order valence-corrected chi connectivity index (χ3v) is 7.61. The molecular weight excluding hydrogens is 512 g/mol. The minimum Gasteiger partial charge on any atom is -0.383 e. The van der Waals surface area contributed by atoms with Gasteiger partial charge in [0, 0.05) is 29.6 Å². The van der Waals surface area contributed by atoms with Gasteiger partial charge < -0.3 is 14.6 Å². The number of nitrogens with one attached hydrogen (secondary N) is 1. The molecule has 0 aliphatic heterocycles. The predicted octanol–water partition coefficient (Wildman–Crippen LogP) is 4.93. The Morgan fingerprint density at radius 3 is 2.82 bits per heavy atom. The van der Waals surface area contributed by atoms with Crippen LogP contribution in [0, 0.1) is 0 Å². The second-order valence-electron chi connectivity index (χ2n) is 7.09. The van der Waals surface area contributed by atoms with E-state index in [1.54, 1.807) is 7.11 Å². The monoisotopic (exact) mass is 532 g/mol. The van der Waals surface area contributed by atoms with Gasteiger partial charge in [0.1, 0.15) is 0 Å². The molecule has 0 spiro atoms. The maximum Gasteiger partial charge on any atom is 0.258 e. The fraction of sp³-hybridized carbons (Fsp3) is 0.217. The van der Waals surface area contributed by atoms with Crippen molar-refractivity contribution in [3.8, 4) is 11.3 Å². The number of thiazole rings is 2. The van der Waals surface area contributed by atoms with Crippen molar-refractivity contribution in [3.05, 3.63) is 63.7 Å². The summed E-state index contributed by atoms with van der Waals surface area (Å²) in [6.07, 6.45) is 0. The average molecular weight is 533 g/mol. The molecule has 4 rings (SSSR count). The first kappa shape index (κ1) is 24.6. The Hall–Kier alpha value is -2.50. The molecule has 0 atom stereocenters. The summed E-state index contributed by atoms with van der Waals surface area (Å²) < 4.78 is 8.08. The number of ether oxygens (including phenoxy) is 1. The van der Waals surface area contributed by atoms with Crippen LogP contribution in [0.2, 0.25) is 5.02 Å². The molecular formula is C23H21ClN4O3S3. The Labute approximate surface area is 213 Å². The molecule has 2 aromatic carbocycles. The smallest absolute Gasteiger partial charge is 0.258 e. The van der Waals surface area contributed by atoms with Crippen LogP contribution in [-0.4, -0.2) is 46.6 Å². The number of benzene rings is 2. The summed E-state index contributed by atoms with van der Waals surface area (Å²) in [5.74, 6) is -0.284. The Morgan fingerprint density at radius 1 is 1.21 bits per heavy atom. The Morgan fingerprint density at radius 2 is 2.03 bits per heavy atom. The van der Waals surface area contributed by atoms with Crippen LogP contribution in [0.3, 0.4) is 0 Å². The van der Waals surface area contributed by atoms with Gasteiger partial charge in [-0.3, -0.25) is 9.59 Å². The first-order valence-electron chi connectivity index (χ1n) is 10.3. The zero-order valence-electron chi connectivity index (χ0n) is 18.2. The van der Waals surface area contributed by atoms with Gasteiger partial charge >= 0.3 is 0 Å². The van der Waals surface area contributed by atoms with Crippen LogP contribution in [0.15, 0.2) is 58.9 Å². The van der Waals surface area contributed by atoms with Crippen LogP contribution in [0.1, 0.15) is 0 Å². The second-order valence-corrected chi connectivity index (χ2v) is 10.4. The number of nitrogens with zero attached hydrogens (tertiary/aromatic N) is 3. The molecule has 0 aliphatic carbocycles. The average Bonchev–Trinajstić information content (AvgIpc) is 3.42. The second kappa shape index (κ2) is 11.8. The van der Waals surface area contributed by atoms with Crippen LogP contribution >= 0.6 is 46.0 Å². The molecule has 0 radical (unpaired) electrons. The molecule has 0 saturated carbocycles. The number of fused-ring (bicyclic) bond motifs is 1. The van der Waals surface area contributed by atoms with Gasteiger partial charge in [-0.15, -0.1) is 23.1 Å². The van der Waals surface area contributed by atoms with Crippen molar-refractivity contribution in [3.63, 3.8) is 0 Å². The first-order valence-corrected chi connectivity index (χ1v) is 13.5. The molecule has 0 unspecified atom stereocenters. The van der Waals surface area contributed by atoms with E-state index in [-0.39, 0.29) is 23.3 Å². The van der Waals surface area contributed by atoms with Crippen molar-refractivity contribution < 1.29 is 14.3 Å². The van der Waals surface area contributed by atoms with Gasteiger partial charge in [-0.2, -0.15) is 4.99 Å². The topological polar surface area (TPSA) is 85.6 Å². The predicted molar refractivity (Wildman–Crippen MR) is 141 cm³/mol. The summed E-state index contributed by atoms with van der Waals surface area (Å²) in [5.41, 5.74) is 2.75. The summed E-state index contributed by atoms with van der Waals surface area (Å²) in [4.78, 5) is 34.1. The highest BCUT2D eigenvalue weighted by atomic mass is 35.5. The van der Waals surface area contributed by atoms with Crippen molar-refractivity contribution in [1.29, 1.82) is 0 Å². The first-order chi connectivity index (χ1) is 16.5. The highest BCUT2D eigenvalue weighted by molar-refractivity contribution is 8.00. The zero-order chi connectivity index (χ0) is 23.9. The van der Waals surface area contributed by atoms with Gasteiger partial charge in [-0.1, -0.05) is 53.3 Å². The third kappa shape index (κ3) is 6.34. The number of methoxy groups -OCH3 is 1. The summed E-state index contributed by atoms with van der Waals surface area (Å²) in [6.45, 7) is 1.06. The number of carbonyl (C=O) groups is 2. The van der Waals surface area contributed by atoms with Crippen LogP contribution < -0.4 is 10.1 Å². The van der Waals surface area contributed by atoms with Crippen LogP contribution in [0.25, 0.3) is 21.5 Å². The van der Waals surface area contributed by atoms with Crippen LogP contribution in [-0.2, 0) is 20.9 Å². The Balaban J connectivity index is 1.35. The summed E-state index contributed by atoms with van der Waals surface area (Å²) in [7, 11) is 1.63. The van der Waals surface area contributed by atoms with Gasteiger partial charge in [-0.05, 0) is 18.2 Å². The van der Waals surface area contributed by atoms with E-state index in [1.807, 2.05) is 58.5 Å². The number of hydrogen-bond donors (Lipinski definition) is 1. The molecule has 7 nitrogen and oxygen atoms in total. The highest BCUT2D eigenvalue weighted by Crippen LogP contribution is 2.25. The standard InChI is InChI=1S/C23H21ClN4O3S3/c1-31-10-9-28-18-8-7-16(24)11-19(18)34-23(28)27-21(30)14-32-13-20(29)26-22-25-17(12-33-22)15-5-3-2-4-6-15/h2-8,11-12H,9-10,13-14H2,1H3,(H,25,26,29). The van der Waals surface area contributed by atoms with Crippen LogP contribution in [0.5, 0.6) is 0 Å². The number of amides is 2. The quantitative estimate of drug-likeness (QED) is 0.330. The lowest BCUT2D eigenvalue weighted by Crippen LogP contribution is -2.20. The maximum atomic E-state index is 12.5. The largest absolute Gasteiger partial charge is 0.383 e. The number of hydrogen-bond acceptors (Lipinski definition) is 7. The molecule has 2 heterocycles. The van der Waals surface area contributed by atoms with Gasteiger partial charge in [0.2, 0.25) is 5.91 Å². The van der Waals surface area contributed by atoms with E-state index in [0.717, 1.165) is 21.5 Å². The van der Waals surface area contributed by atoms with E-state index in [0.29, 0.717) is 28.1 Å². The van der Waals surface area contributed by atoms with E-state index in [1.165, 1.54) is 34.4 Å². The number of rotatable bonds is 9. The highest BCUT2D eigenvalue weighted by Gasteiger charge is 2.11. The van der Waals surface area contributed by atoms with E-state index >= 15 is 0 Å². The maximum absolute atomic E-state index is 12.5. The Bertz CT molecular complexity index is 1360.